The highest BCUT2D eigenvalue weighted by atomic mass is 16.6. The van der Waals surface area contributed by atoms with E-state index in [4.69, 9.17) is 10.5 Å². The summed E-state index contributed by atoms with van der Waals surface area (Å²) in [4.78, 5) is 34.0. The van der Waals surface area contributed by atoms with Crippen LogP contribution in [0.5, 0.6) is 0 Å². The maximum absolute atomic E-state index is 12.3. The number of rotatable bonds is 3. The predicted octanol–water partition coefficient (Wildman–Crippen LogP) is 1.25. The summed E-state index contributed by atoms with van der Waals surface area (Å²) < 4.78 is 5.29. The molecule has 0 radical (unpaired) electrons. The molecule has 1 aliphatic heterocycles. The van der Waals surface area contributed by atoms with Crippen LogP contribution in [0.15, 0.2) is 12.3 Å². The molecule has 1 fully saturated rings. The maximum Gasteiger partial charge on any atom is 0.410 e. The number of anilines is 1. The molecule has 2 atom stereocenters. The highest BCUT2D eigenvalue weighted by Gasteiger charge is 2.40. The van der Waals surface area contributed by atoms with Gasteiger partial charge in [0.25, 0.3) is 0 Å². The molecule has 0 unspecified atom stereocenters. The Morgan fingerprint density at radius 3 is 2.70 bits per heavy atom. The highest BCUT2D eigenvalue weighted by molar-refractivity contribution is 5.87. The zero-order valence-electron chi connectivity index (χ0n) is 13.9. The van der Waals surface area contributed by atoms with E-state index >= 15 is 0 Å². The third kappa shape index (κ3) is 4.30. The topological polar surface area (TPSA) is 110 Å². The number of ether oxygens (including phenoxy) is 1. The molecule has 0 saturated carbocycles. The molecule has 0 bridgehead atoms. The Morgan fingerprint density at radius 2 is 2.17 bits per heavy atom. The van der Waals surface area contributed by atoms with Gasteiger partial charge in [-0.2, -0.15) is 0 Å². The number of hydrogen-bond acceptors (Lipinski definition) is 6. The first kappa shape index (κ1) is 17.0. The molecule has 3 N–H and O–H groups in total. The van der Waals surface area contributed by atoms with E-state index in [-0.39, 0.29) is 5.91 Å². The lowest BCUT2D eigenvalue weighted by atomic mass is 10.0. The van der Waals surface area contributed by atoms with Gasteiger partial charge in [0, 0.05) is 12.7 Å². The number of nitrogens with zero attached hydrogens (tertiary/aromatic N) is 3. The third-order valence-electron chi connectivity index (χ3n) is 3.39. The molecule has 1 aromatic heterocycles. The predicted molar refractivity (Wildman–Crippen MR) is 84.3 cm³/mol. The van der Waals surface area contributed by atoms with Crippen molar-refractivity contribution in [3.05, 3.63) is 18.1 Å². The van der Waals surface area contributed by atoms with E-state index in [0.717, 1.165) is 0 Å². The van der Waals surface area contributed by atoms with Crippen molar-refractivity contribution in [1.29, 1.82) is 0 Å². The van der Waals surface area contributed by atoms with Crippen molar-refractivity contribution in [2.45, 2.75) is 51.8 Å². The Bertz CT molecular complexity index is 599. The SMILES string of the molecule is C[C@H](NC(=O)[C@H]1CCN1C(=O)OC(C)(C)C)c1nccc(N)n1. The average molecular weight is 321 g/mol. The van der Waals surface area contributed by atoms with Crippen molar-refractivity contribution in [2.24, 2.45) is 0 Å². The summed E-state index contributed by atoms with van der Waals surface area (Å²) >= 11 is 0. The molecule has 1 aliphatic rings. The number of carbonyl (C=O) groups excluding carboxylic acids is 2. The summed E-state index contributed by atoms with van der Waals surface area (Å²) in [6, 6.07) is 0.661. The first-order chi connectivity index (χ1) is 10.7. The molecule has 0 aromatic carbocycles. The van der Waals surface area contributed by atoms with Gasteiger partial charge in [0.2, 0.25) is 5.91 Å². The normalized spacial score (nSPS) is 18.8. The molecule has 8 nitrogen and oxygen atoms in total. The molecule has 1 saturated heterocycles. The number of nitrogens with two attached hydrogens (primary N) is 1. The molecule has 126 valence electrons. The summed E-state index contributed by atoms with van der Waals surface area (Å²) in [6.07, 6.45) is 1.67. The number of amides is 2. The lowest BCUT2D eigenvalue weighted by Crippen LogP contribution is -2.59. The van der Waals surface area contributed by atoms with Crippen LogP contribution in [0.3, 0.4) is 0 Å². The van der Waals surface area contributed by atoms with E-state index < -0.39 is 23.8 Å². The number of hydrogen-bond donors (Lipinski definition) is 2. The van der Waals surface area contributed by atoms with Crippen LogP contribution < -0.4 is 11.1 Å². The van der Waals surface area contributed by atoms with Gasteiger partial charge in [-0.05, 0) is 40.2 Å². The van der Waals surface area contributed by atoms with Crippen LogP contribution in [0.4, 0.5) is 10.6 Å². The fourth-order valence-corrected chi connectivity index (χ4v) is 2.17. The minimum atomic E-state index is -0.587. The van der Waals surface area contributed by atoms with Gasteiger partial charge in [-0.15, -0.1) is 0 Å². The van der Waals surface area contributed by atoms with Crippen LogP contribution in [-0.4, -0.2) is 45.1 Å². The molecule has 2 amide bonds. The van der Waals surface area contributed by atoms with Crippen LogP contribution in [0, 0.1) is 0 Å². The van der Waals surface area contributed by atoms with E-state index in [1.807, 2.05) is 0 Å². The minimum absolute atomic E-state index is 0.249. The molecule has 2 heterocycles. The van der Waals surface area contributed by atoms with Crippen LogP contribution in [-0.2, 0) is 9.53 Å². The van der Waals surface area contributed by atoms with Crippen molar-refractivity contribution >= 4 is 17.8 Å². The van der Waals surface area contributed by atoms with Crippen molar-refractivity contribution in [3.63, 3.8) is 0 Å². The van der Waals surface area contributed by atoms with Crippen LogP contribution in [0.1, 0.15) is 46.0 Å². The van der Waals surface area contributed by atoms with Crippen molar-refractivity contribution in [1.82, 2.24) is 20.2 Å². The quantitative estimate of drug-likeness (QED) is 0.866. The molecular formula is C15H23N5O3. The zero-order chi connectivity index (χ0) is 17.2. The number of aromatic nitrogens is 2. The molecule has 0 spiro atoms. The average Bonchev–Trinajstić information content (AvgIpc) is 2.34. The Balaban J connectivity index is 1.94. The largest absolute Gasteiger partial charge is 0.444 e. The second kappa shape index (κ2) is 6.39. The van der Waals surface area contributed by atoms with Crippen molar-refractivity contribution in [2.75, 3.05) is 12.3 Å². The van der Waals surface area contributed by atoms with E-state index in [1.165, 1.54) is 11.1 Å². The van der Waals surface area contributed by atoms with Crippen molar-refractivity contribution in [3.8, 4) is 0 Å². The monoisotopic (exact) mass is 321 g/mol. The number of carbonyl (C=O) groups is 2. The van der Waals surface area contributed by atoms with E-state index in [1.54, 1.807) is 33.8 Å². The third-order valence-corrected chi connectivity index (χ3v) is 3.39. The Labute approximate surface area is 135 Å². The summed E-state index contributed by atoms with van der Waals surface area (Å²) in [6.45, 7) is 7.65. The lowest BCUT2D eigenvalue weighted by Gasteiger charge is -2.40. The minimum Gasteiger partial charge on any atom is -0.444 e. The fourth-order valence-electron chi connectivity index (χ4n) is 2.17. The summed E-state index contributed by atoms with van der Waals surface area (Å²) in [5.74, 6) is 0.525. The smallest absolute Gasteiger partial charge is 0.410 e. The highest BCUT2D eigenvalue weighted by Crippen LogP contribution is 2.22. The van der Waals surface area contributed by atoms with E-state index in [2.05, 4.69) is 15.3 Å². The fraction of sp³-hybridized carbons (Fsp3) is 0.600. The van der Waals surface area contributed by atoms with Crippen LogP contribution in [0.2, 0.25) is 0 Å². The van der Waals surface area contributed by atoms with Gasteiger partial charge >= 0.3 is 6.09 Å². The molecule has 23 heavy (non-hydrogen) atoms. The molecule has 1 aromatic rings. The zero-order valence-corrected chi connectivity index (χ0v) is 13.9. The molecule has 8 heteroatoms. The molecular weight excluding hydrogens is 298 g/mol. The second-order valence-corrected chi connectivity index (χ2v) is 6.55. The molecule has 0 aliphatic carbocycles. The Hall–Kier alpha value is -2.38. The van der Waals surface area contributed by atoms with Crippen LogP contribution >= 0.6 is 0 Å². The van der Waals surface area contributed by atoms with Gasteiger partial charge in [-0.25, -0.2) is 14.8 Å². The standard InChI is InChI=1S/C15H23N5O3/c1-9(12-17-7-5-11(16)19-12)18-13(21)10-6-8-20(10)14(22)23-15(2,3)4/h5,7,9-10H,6,8H2,1-4H3,(H,18,21)(H2,16,17,19)/t9-,10+/m0/s1. The van der Waals surface area contributed by atoms with Gasteiger partial charge in [-0.1, -0.05) is 0 Å². The summed E-state index contributed by atoms with van der Waals surface area (Å²) in [5, 5.41) is 2.80. The van der Waals surface area contributed by atoms with Gasteiger partial charge < -0.3 is 15.8 Å². The maximum atomic E-state index is 12.3. The summed E-state index contributed by atoms with van der Waals surface area (Å²) in [7, 11) is 0. The number of likely N-dealkylation sites (tertiary alicyclic amines) is 1. The van der Waals surface area contributed by atoms with Gasteiger partial charge in [0.1, 0.15) is 17.5 Å². The first-order valence-electron chi connectivity index (χ1n) is 7.56. The molecule has 2 rings (SSSR count). The number of nitrogen functional groups attached to an aromatic ring is 1. The first-order valence-corrected chi connectivity index (χ1v) is 7.56. The number of nitrogens with one attached hydrogen (secondary N) is 1. The van der Waals surface area contributed by atoms with Crippen molar-refractivity contribution < 1.29 is 14.3 Å². The second-order valence-electron chi connectivity index (χ2n) is 6.55. The Kier molecular flexibility index (Phi) is 4.72. The Morgan fingerprint density at radius 1 is 1.48 bits per heavy atom. The van der Waals surface area contributed by atoms with Gasteiger partial charge in [0.05, 0.1) is 6.04 Å². The summed E-state index contributed by atoms with van der Waals surface area (Å²) in [5.41, 5.74) is 5.02. The van der Waals surface area contributed by atoms with E-state index in [9.17, 15) is 9.59 Å². The van der Waals surface area contributed by atoms with E-state index in [0.29, 0.717) is 24.6 Å². The van der Waals surface area contributed by atoms with Crippen LogP contribution in [0.25, 0.3) is 0 Å². The van der Waals surface area contributed by atoms with Gasteiger partial charge in [0.15, 0.2) is 5.82 Å². The van der Waals surface area contributed by atoms with Gasteiger partial charge in [-0.3, -0.25) is 9.69 Å². The lowest BCUT2D eigenvalue weighted by molar-refractivity contribution is -0.131.